The predicted molar refractivity (Wildman–Crippen MR) is 82.6 cm³/mol. The first-order valence-electron chi connectivity index (χ1n) is 6.73. The van der Waals surface area contributed by atoms with E-state index >= 15 is 0 Å². The van der Waals surface area contributed by atoms with Gasteiger partial charge in [0.25, 0.3) is 5.91 Å². The van der Waals surface area contributed by atoms with Crippen LogP contribution in [0, 0.1) is 0 Å². The lowest BCUT2D eigenvalue weighted by Gasteiger charge is -2.26. The van der Waals surface area contributed by atoms with Gasteiger partial charge in [-0.25, -0.2) is 0 Å². The molecular weight excluding hydrogens is 315 g/mol. The number of carbonyl (C=O) groups excluding carboxylic acids is 1. The fraction of sp³-hybridized carbons (Fsp3) is 0.500. The Morgan fingerprint density at radius 3 is 2.76 bits per heavy atom. The molecule has 1 aliphatic heterocycles. The number of hydrogen-bond donors (Lipinski definition) is 1. The molecule has 1 N–H and O–H groups in total. The molecule has 0 bridgehead atoms. The smallest absolute Gasteiger partial charge is 0.255 e. The van der Waals surface area contributed by atoms with Gasteiger partial charge in [0.2, 0.25) is 0 Å². The maximum Gasteiger partial charge on any atom is 0.255 e. The zero-order valence-electron chi connectivity index (χ0n) is 11.8. The Kier molecular flexibility index (Phi) is 6.11. The fourth-order valence-corrected chi connectivity index (χ4v) is 2.75. The largest absolute Gasteiger partial charge is 0.494 e. The maximum absolute atomic E-state index is 12.2. The second-order valence-corrected chi connectivity index (χ2v) is 5.52. The van der Waals surface area contributed by atoms with Crippen molar-refractivity contribution in [2.24, 2.45) is 0 Å². The van der Waals surface area contributed by atoms with Crippen molar-refractivity contribution >= 4 is 29.1 Å². The number of carbonyl (C=O) groups is 1. The van der Waals surface area contributed by atoms with Gasteiger partial charge in [-0.2, -0.15) is 0 Å². The Morgan fingerprint density at radius 1 is 1.38 bits per heavy atom. The van der Waals surface area contributed by atoms with Crippen LogP contribution in [0.3, 0.4) is 0 Å². The van der Waals surface area contributed by atoms with E-state index in [0.29, 0.717) is 27.9 Å². The summed E-state index contributed by atoms with van der Waals surface area (Å²) in [5.74, 6) is 0.0921. The number of benzene rings is 1. The number of methoxy groups -OCH3 is 1. The highest BCUT2D eigenvalue weighted by atomic mass is 35.5. The Morgan fingerprint density at radius 2 is 2.10 bits per heavy atom. The highest BCUT2D eigenvalue weighted by Crippen LogP contribution is 2.32. The minimum atomic E-state index is -0.246. The highest BCUT2D eigenvalue weighted by Gasteiger charge is 2.17. The first-order valence-corrected chi connectivity index (χ1v) is 7.48. The monoisotopic (exact) mass is 332 g/mol. The number of nitrogens with zero attached hydrogens (tertiary/aromatic N) is 1. The molecule has 0 unspecified atom stereocenters. The molecule has 1 fully saturated rings. The molecular formula is C14H18Cl2N2O3. The second-order valence-electron chi connectivity index (χ2n) is 4.68. The Balaban J connectivity index is 1.93. The molecule has 0 saturated carbocycles. The third-order valence-corrected chi connectivity index (χ3v) is 3.77. The Bertz CT molecular complexity index is 505. The summed E-state index contributed by atoms with van der Waals surface area (Å²) in [4.78, 5) is 14.5. The van der Waals surface area contributed by atoms with Gasteiger partial charge in [0.15, 0.2) is 0 Å². The molecule has 5 nitrogen and oxygen atoms in total. The van der Waals surface area contributed by atoms with Crippen LogP contribution in [0.2, 0.25) is 10.0 Å². The van der Waals surface area contributed by atoms with E-state index in [9.17, 15) is 4.79 Å². The van der Waals surface area contributed by atoms with Gasteiger partial charge in [-0.05, 0) is 12.1 Å². The summed E-state index contributed by atoms with van der Waals surface area (Å²) in [5.41, 5.74) is 0.344. The minimum absolute atomic E-state index is 0.246. The molecule has 1 aromatic carbocycles. The lowest BCUT2D eigenvalue weighted by Crippen LogP contribution is -2.41. The first kappa shape index (κ1) is 16.4. The van der Waals surface area contributed by atoms with Crippen molar-refractivity contribution in [3.05, 3.63) is 27.7 Å². The van der Waals surface area contributed by atoms with Crippen molar-refractivity contribution in [1.29, 1.82) is 0 Å². The topological polar surface area (TPSA) is 50.8 Å². The van der Waals surface area contributed by atoms with Crippen LogP contribution in [0.5, 0.6) is 5.75 Å². The van der Waals surface area contributed by atoms with Gasteiger partial charge in [-0.3, -0.25) is 9.69 Å². The molecule has 116 valence electrons. The molecule has 1 amide bonds. The standard InChI is InChI=1S/C14H18Cl2N2O3/c1-20-13-11(8-10(15)9-12(13)16)14(19)17-2-3-18-4-6-21-7-5-18/h8-9H,2-7H2,1H3,(H,17,19). The van der Waals surface area contributed by atoms with Gasteiger partial charge in [0, 0.05) is 31.2 Å². The molecule has 0 atom stereocenters. The van der Waals surface area contributed by atoms with Crippen LogP contribution in [-0.4, -0.2) is 57.3 Å². The van der Waals surface area contributed by atoms with Crippen molar-refractivity contribution in [3.63, 3.8) is 0 Å². The van der Waals surface area contributed by atoms with E-state index in [-0.39, 0.29) is 5.91 Å². The molecule has 0 aromatic heterocycles. The number of hydrogen-bond acceptors (Lipinski definition) is 4. The van der Waals surface area contributed by atoms with Gasteiger partial charge in [0.1, 0.15) is 5.75 Å². The summed E-state index contributed by atoms with van der Waals surface area (Å²) in [6.07, 6.45) is 0. The van der Waals surface area contributed by atoms with Crippen LogP contribution in [0.1, 0.15) is 10.4 Å². The third-order valence-electron chi connectivity index (χ3n) is 3.27. The average molecular weight is 333 g/mol. The van der Waals surface area contributed by atoms with E-state index in [1.165, 1.54) is 7.11 Å². The van der Waals surface area contributed by atoms with Crippen molar-refractivity contribution < 1.29 is 14.3 Å². The summed E-state index contributed by atoms with van der Waals surface area (Å²) in [6.45, 7) is 4.60. The second kappa shape index (κ2) is 7.84. The molecule has 1 heterocycles. The number of morpholine rings is 1. The van der Waals surface area contributed by atoms with Gasteiger partial charge >= 0.3 is 0 Å². The quantitative estimate of drug-likeness (QED) is 0.896. The molecule has 1 aromatic rings. The summed E-state index contributed by atoms with van der Waals surface area (Å²) in [5, 5.41) is 3.58. The first-order chi connectivity index (χ1) is 10.1. The summed E-state index contributed by atoms with van der Waals surface area (Å²) < 4.78 is 10.4. The lowest BCUT2D eigenvalue weighted by molar-refractivity contribution is 0.0383. The van der Waals surface area contributed by atoms with E-state index in [2.05, 4.69) is 10.2 Å². The number of amides is 1. The van der Waals surface area contributed by atoms with E-state index < -0.39 is 0 Å². The Labute approximate surface area is 134 Å². The van der Waals surface area contributed by atoms with Crippen LogP contribution in [-0.2, 0) is 4.74 Å². The van der Waals surface area contributed by atoms with Crippen molar-refractivity contribution in [3.8, 4) is 5.75 Å². The number of ether oxygens (including phenoxy) is 2. The average Bonchev–Trinajstić information content (AvgIpc) is 2.47. The maximum atomic E-state index is 12.2. The van der Waals surface area contributed by atoms with E-state index in [0.717, 1.165) is 32.8 Å². The normalized spacial score (nSPS) is 15.8. The van der Waals surface area contributed by atoms with Crippen LogP contribution >= 0.6 is 23.2 Å². The summed E-state index contributed by atoms with van der Waals surface area (Å²) in [6, 6.07) is 3.10. The third kappa shape index (κ3) is 4.48. The van der Waals surface area contributed by atoms with Crippen molar-refractivity contribution in [1.82, 2.24) is 10.2 Å². The molecule has 0 aliphatic carbocycles. The molecule has 2 rings (SSSR count). The zero-order chi connectivity index (χ0) is 15.2. The predicted octanol–water partition coefficient (Wildman–Crippen LogP) is 2.06. The number of rotatable bonds is 5. The van der Waals surface area contributed by atoms with E-state index in [1.54, 1.807) is 12.1 Å². The fourth-order valence-electron chi connectivity index (χ4n) is 2.18. The molecule has 1 aliphatic rings. The number of nitrogens with one attached hydrogen (secondary N) is 1. The minimum Gasteiger partial charge on any atom is -0.494 e. The van der Waals surface area contributed by atoms with Crippen LogP contribution in [0.15, 0.2) is 12.1 Å². The van der Waals surface area contributed by atoms with Crippen LogP contribution in [0.25, 0.3) is 0 Å². The highest BCUT2D eigenvalue weighted by molar-refractivity contribution is 6.36. The Hall–Kier alpha value is -1.01. The number of halogens is 2. The summed E-state index contributed by atoms with van der Waals surface area (Å²) in [7, 11) is 1.47. The van der Waals surface area contributed by atoms with Crippen LogP contribution in [0.4, 0.5) is 0 Å². The van der Waals surface area contributed by atoms with E-state index in [4.69, 9.17) is 32.7 Å². The van der Waals surface area contributed by atoms with Crippen molar-refractivity contribution in [2.45, 2.75) is 0 Å². The summed E-state index contributed by atoms with van der Waals surface area (Å²) >= 11 is 12.0. The van der Waals surface area contributed by atoms with Crippen molar-refractivity contribution in [2.75, 3.05) is 46.5 Å². The molecule has 7 heteroatoms. The molecule has 0 spiro atoms. The van der Waals surface area contributed by atoms with Gasteiger partial charge in [-0.15, -0.1) is 0 Å². The molecule has 0 radical (unpaired) electrons. The van der Waals surface area contributed by atoms with E-state index in [1.807, 2.05) is 0 Å². The molecule has 1 saturated heterocycles. The van der Waals surface area contributed by atoms with Gasteiger partial charge < -0.3 is 14.8 Å². The molecule has 21 heavy (non-hydrogen) atoms. The SMILES string of the molecule is COc1c(Cl)cc(Cl)cc1C(=O)NCCN1CCOCC1. The van der Waals surface area contributed by atoms with Gasteiger partial charge in [0.05, 0.1) is 30.9 Å². The van der Waals surface area contributed by atoms with Gasteiger partial charge in [-0.1, -0.05) is 23.2 Å². The van der Waals surface area contributed by atoms with Crippen LogP contribution < -0.4 is 10.1 Å². The zero-order valence-corrected chi connectivity index (χ0v) is 13.3. The lowest BCUT2D eigenvalue weighted by atomic mass is 10.2.